The van der Waals surface area contributed by atoms with Gasteiger partial charge in [0.2, 0.25) is 10.0 Å². The Balaban J connectivity index is 1.00. The third-order valence-electron chi connectivity index (χ3n) is 8.25. The maximum absolute atomic E-state index is 12.9. The van der Waals surface area contributed by atoms with Crippen LogP contribution in [0.15, 0.2) is 53.7 Å². The van der Waals surface area contributed by atoms with Crippen molar-refractivity contribution in [3.63, 3.8) is 0 Å². The van der Waals surface area contributed by atoms with E-state index in [1.54, 1.807) is 18.2 Å². The fourth-order valence-electron chi connectivity index (χ4n) is 5.74. The van der Waals surface area contributed by atoms with Gasteiger partial charge in [0.1, 0.15) is 12.1 Å². The average Bonchev–Trinajstić information content (AvgIpc) is 3.03. The smallest absolute Gasteiger partial charge is 0.297 e. The summed E-state index contributed by atoms with van der Waals surface area (Å²) in [5, 5.41) is 13.7. The normalized spacial score (nSPS) is 20.4. The summed E-state index contributed by atoms with van der Waals surface area (Å²) in [6, 6.07) is 14.6. The van der Waals surface area contributed by atoms with Crippen molar-refractivity contribution in [1.82, 2.24) is 19.2 Å². The lowest BCUT2D eigenvalue weighted by Crippen LogP contribution is -2.53. The van der Waals surface area contributed by atoms with Gasteiger partial charge in [-0.25, -0.2) is 18.4 Å². The van der Waals surface area contributed by atoms with Gasteiger partial charge in [-0.3, -0.25) is 9.08 Å². The zero-order valence-corrected chi connectivity index (χ0v) is 26.4. The summed E-state index contributed by atoms with van der Waals surface area (Å²) in [7, 11) is -7.37. The molecule has 1 saturated carbocycles. The van der Waals surface area contributed by atoms with Gasteiger partial charge in [-0.2, -0.15) is 18.0 Å². The number of ether oxygens (including phenoxy) is 1. The van der Waals surface area contributed by atoms with Gasteiger partial charge in [-0.15, -0.1) is 0 Å². The number of anilines is 1. The molecule has 2 aromatic carbocycles. The van der Waals surface area contributed by atoms with E-state index < -0.39 is 20.1 Å². The number of fused-ring (bicyclic) bond motifs is 1. The van der Waals surface area contributed by atoms with E-state index in [-0.39, 0.29) is 36.5 Å². The van der Waals surface area contributed by atoms with Gasteiger partial charge in [-0.05, 0) is 62.9 Å². The molecule has 0 unspecified atom stereocenters. The molecule has 0 amide bonds. The number of aromatic nitrogens is 2. The van der Waals surface area contributed by atoms with E-state index in [0.717, 1.165) is 48.0 Å². The highest BCUT2D eigenvalue weighted by atomic mass is 32.2. The van der Waals surface area contributed by atoms with E-state index >= 15 is 0 Å². The van der Waals surface area contributed by atoms with Crippen LogP contribution < -0.4 is 5.32 Å². The number of nitrogens with zero attached hydrogens (tertiary/aromatic N) is 5. The highest BCUT2D eigenvalue weighted by Crippen LogP contribution is 2.28. The number of hydrogen-bond acceptors (Lipinski definition) is 11. The highest BCUT2D eigenvalue weighted by molar-refractivity contribution is 7.89. The van der Waals surface area contributed by atoms with Crippen LogP contribution in [0, 0.1) is 18.3 Å². The van der Waals surface area contributed by atoms with Gasteiger partial charge in [0.15, 0.2) is 0 Å². The van der Waals surface area contributed by atoms with Crippen molar-refractivity contribution in [3.05, 3.63) is 59.9 Å². The van der Waals surface area contributed by atoms with Crippen molar-refractivity contribution in [1.29, 1.82) is 5.26 Å². The standard InChI is InChI=1S/C30H38N6O6S2/c1-23-2-9-27(10-3-23)44(39,40)42-17-16-41-18-19-43(37,38)36-14-12-35(13-15-36)26-7-5-25(6-8-26)34-30-28-20-24(21-31)4-11-29(28)32-22-33-30/h2-4,9-11,20,22,25-26H,5-8,12-19H2,1H3,(H,32,33,34). The average molecular weight is 643 g/mol. The molecule has 14 heteroatoms. The van der Waals surface area contributed by atoms with E-state index in [2.05, 4.69) is 26.3 Å². The van der Waals surface area contributed by atoms with Crippen molar-refractivity contribution in [3.8, 4) is 6.07 Å². The number of hydrogen-bond donors (Lipinski definition) is 1. The molecule has 1 aliphatic heterocycles. The summed E-state index contributed by atoms with van der Waals surface area (Å²) in [5.74, 6) is 0.584. The summed E-state index contributed by atoms with van der Waals surface area (Å²) in [4.78, 5) is 11.2. The fourth-order valence-corrected chi connectivity index (χ4v) is 7.94. The summed E-state index contributed by atoms with van der Waals surface area (Å²) in [6.07, 6.45) is 5.50. The van der Waals surface area contributed by atoms with E-state index in [1.807, 2.05) is 19.1 Å². The first-order chi connectivity index (χ1) is 21.1. The molecule has 236 valence electrons. The van der Waals surface area contributed by atoms with Crippen LogP contribution in [-0.2, 0) is 29.1 Å². The second-order valence-electron chi connectivity index (χ2n) is 11.2. The van der Waals surface area contributed by atoms with Crippen molar-refractivity contribution >= 4 is 36.9 Å². The SMILES string of the molecule is Cc1ccc(S(=O)(=O)OCCOCCS(=O)(=O)N2CCN(C3CCC(Nc4ncnc5ccc(C#N)cc45)CC3)CC2)cc1. The predicted octanol–water partition coefficient (Wildman–Crippen LogP) is 2.90. The van der Waals surface area contributed by atoms with Gasteiger partial charge in [0.05, 0.1) is 47.6 Å². The quantitative estimate of drug-likeness (QED) is 0.229. The molecule has 3 aromatic rings. The maximum atomic E-state index is 12.9. The number of benzene rings is 2. The van der Waals surface area contributed by atoms with Crippen LogP contribution in [0.4, 0.5) is 5.82 Å². The van der Waals surface area contributed by atoms with E-state index in [0.29, 0.717) is 37.8 Å². The molecule has 1 saturated heterocycles. The molecule has 2 aliphatic rings. The number of nitrogens with one attached hydrogen (secondary N) is 1. The minimum Gasteiger partial charge on any atom is -0.378 e. The molecule has 2 heterocycles. The predicted molar refractivity (Wildman–Crippen MR) is 166 cm³/mol. The Morgan fingerprint density at radius 1 is 0.932 bits per heavy atom. The largest absolute Gasteiger partial charge is 0.378 e. The molecule has 0 radical (unpaired) electrons. The number of sulfonamides is 1. The first-order valence-corrected chi connectivity index (χ1v) is 17.8. The van der Waals surface area contributed by atoms with Crippen LogP contribution in [0.1, 0.15) is 36.8 Å². The Hall–Kier alpha value is -3.19. The number of rotatable bonds is 12. The number of aryl methyl sites for hydroxylation is 1. The van der Waals surface area contributed by atoms with E-state index in [4.69, 9.17) is 8.92 Å². The van der Waals surface area contributed by atoms with Gasteiger partial charge >= 0.3 is 0 Å². The second kappa shape index (κ2) is 14.3. The van der Waals surface area contributed by atoms with Crippen LogP contribution >= 0.6 is 0 Å². The molecule has 5 rings (SSSR count). The molecule has 1 aromatic heterocycles. The first kappa shape index (κ1) is 32.2. The number of nitriles is 1. The lowest BCUT2D eigenvalue weighted by atomic mass is 9.89. The summed E-state index contributed by atoms with van der Waals surface area (Å²) >= 11 is 0. The van der Waals surface area contributed by atoms with Crippen LogP contribution in [0.3, 0.4) is 0 Å². The molecule has 1 aliphatic carbocycles. The van der Waals surface area contributed by atoms with E-state index in [1.165, 1.54) is 22.8 Å². The Morgan fingerprint density at radius 3 is 2.36 bits per heavy atom. The van der Waals surface area contributed by atoms with Crippen LogP contribution in [0.25, 0.3) is 10.9 Å². The van der Waals surface area contributed by atoms with Crippen molar-refractivity contribution in [2.45, 2.75) is 49.6 Å². The molecule has 0 bridgehead atoms. The topological polar surface area (TPSA) is 155 Å². The second-order valence-corrected chi connectivity index (χ2v) is 14.9. The fraction of sp³-hybridized carbons (Fsp3) is 0.500. The van der Waals surface area contributed by atoms with Crippen molar-refractivity contribution < 1.29 is 25.8 Å². The molecule has 2 fully saturated rings. The summed E-state index contributed by atoms with van der Waals surface area (Å²) < 4.78 is 62.1. The lowest BCUT2D eigenvalue weighted by Gasteiger charge is -2.41. The third-order valence-corrected chi connectivity index (χ3v) is 11.4. The van der Waals surface area contributed by atoms with Gasteiger partial charge in [0.25, 0.3) is 10.1 Å². The Bertz CT molecular complexity index is 1680. The van der Waals surface area contributed by atoms with Crippen LogP contribution in [0.2, 0.25) is 0 Å². The minimum atomic E-state index is -3.88. The molecular formula is C30H38N6O6S2. The van der Waals surface area contributed by atoms with Crippen LogP contribution in [-0.4, -0.2) is 99.8 Å². The number of piperazine rings is 1. The molecule has 0 atom stereocenters. The Kier molecular flexibility index (Phi) is 10.5. The zero-order valence-electron chi connectivity index (χ0n) is 24.8. The van der Waals surface area contributed by atoms with E-state index in [9.17, 15) is 22.1 Å². The highest BCUT2D eigenvalue weighted by Gasteiger charge is 2.32. The van der Waals surface area contributed by atoms with Crippen molar-refractivity contribution in [2.75, 3.05) is 57.1 Å². The first-order valence-electron chi connectivity index (χ1n) is 14.8. The Labute approximate surface area is 259 Å². The van der Waals surface area contributed by atoms with Crippen LogP contribution in [0.5, 0.6) is 0 Å². The van der Waals surface area contributed by atoms with Gasteiger partial charge in [0, 0.05) is 43.6 Å². The summed E-state index contributed by atoms with van der Waals surface area (Å²) in [6.45, 7) is 3.85. The van der Waals surface area contributed by atoms with Crippen molar-refractivity contribution in [2.24, 2.45) is 0 Å². The molecule has 44 heavy (non-hydrogen) atoms. The molecule has 12 nitrogen and oxygen atoms in total. The third kappa shape index (κ3) is 8.09. The van der Waals surface area contributed by atoms with Gasteiger partial charge < -0.3 is 10.1 Å². The lowest BCUT2D eigenvalue weighted by molar-refractivity contribution is 0.104. The summed E-state index contributed by atoms with van der Waals surface area (Å²) in [5.41, 5.74) is 2.31. The maximum Gasteiger partial charge on any atom is 0.297 e. The zero-order chi connectivity index (χ0) is 31.2. The van der Waals surface area contributed by atoms with Gasteiger partial charge in [-0.1, -0.05) is 17.7 Å². The minimum absolute atomic E-state index is 0.0275. The molecular weight excluding hydrogens is 605 g/mol. The molecule has 0 spiro atoms. The monoisotopic (exact) mass is 642 g/mol. The Morgan fingerprint density at radius 2 is 1.66 bits per heavy atom. The molecule has 1 N–H and O–H groups in total.